The van der Waals surface area contributed by atoms with Gasteiger partial charge >= 0.3 is 0 Å². The van der Waals surface area contributed by atoms with E-state index in [1.165, 1.54) is 0 Å². The predicted molar refractivity (Wildman–Crippen MR) is 91.0 cm³/mol. The Morgan fingerprint density at radius 3 is 2.79 bits per heavy atom. The van der Waals surface area contributed by atoms with Crippen molar-refractivity contribution in [3.05, 3.63) is 48.0 Å². The van der Waals surface area contributed by atoms with Crippen LogP contribution in [0.2, 0.25) is 0 Å². The van der Waals surface area contributed by atoms with Crippen LogP contribution in [0.5, 0.6) is 0 Å². The Labute approximate surface area is 139 Å². The van der Waals surface area contributed by atoms with E-state index in [1.54, 1.807) is 24.1 Å². The van der Waals surface area contributed by atoms with Crippen LogP contribution in [0.15, 0.2) is 36.7 Å². The van der Waals surface area contributed by atoms with Crippen LogP contribution in [0.1, 0.15) is 16.2 Å². The van der Waals surface area contributed by atoms with E-state index in [1.807, 2.05) is 31.2 Å². The van der Waals surface area contributed by atoms with Crippen LogP contribution in [0.4, 0.5) is 5.82 Å². The summed E-state index contributed by atoms with van der Waals surface area (Å²) in [5.74, 6) is 0.831. The number of carbonyl (C=O) groups excluding carboxylic acids is 1. The number of rotatable bonds is 3. The highest BCUT2D eigenvalue weighted by Gasteiger charge is 2.30. The smallest absolute Gasteiger partial charge is 0.269 e. The zero-order valence-electron chi connectivity index (χ0n) is 13.6. The summed E-state index contributed by atoms with van der Waals surface area (Å²) in [7, 11) is 1.78. The lowest BCUT2D eigenvalue weighted by atomic mass is 10.1. The van der Waals surface area contributed by atoms with Crippen LogP contribution in [0.3, 0.4) is 0 Å². The fraction of sp³-hybridized carbons (Fsp3) is 0.294. The fourth-order valence-electron chi connectivity index (χ4n) is 3.07. The number of hydrogen-bond donors (Lipinski definition) is 1. The molecule has 122 valence electrons. The van der Waals surface area contributed by atoms with Crippen LogP contribution >= 0.6 is 0 Å². The highest BCUT2D eigenvalue weighted by molar-refractivity contribution is 5.93. The Morgan fingerprint density at radius 1 is 1.25 bits per heavy atom. The quantitative estimate of drug-likeness (QED) is 0.786. The first-order chi connectivity index (χ1) is 11.6. The van der Waals surface area contributed by atoms with Gasteiger partial charge in [-0.1, -0.05) is 12.1 Å². The highest BCUT2D eigenvalue weighted by Crippen LogP contribution is 2.26. The molecule has 2 aromatic heterocycles. The molecule has 1 fully saturated rings. The van der Waals surface area contributed by atoms with Crippen molar-refractivity contribution in [1.82, 2.24) is 25.1 Å². The van der Waals surface area contributed by atoms with Crippen molar-refractivity contribution in [1.29, 1.82) is 0 Å². The highest BCUT2D eigenvalue weighted by atomic mass is 16.2. The van der Waals surface area contributed by atoms with E-state index >= 15 is 0 Å². The number of para-hydroxylation sites is 1. The zero-order valence-corrected chi connectivity index (χ0v) is 13.6. The number of carbonyl (C=O) groups is 1. The monoisotopic (exact) mass is 322 g/mol. The molecule has 7 nitrogen and oxygen atoms in total. The van der Waals surface area contributed by atoms with Gasteiger partial charge in [0.05, 0.1) is 17.3 Å². The third kappa shape index (κ3) is 2.47. The molecule has 1 amide bonds. The summed E-state index contributed by atoms with van der Waals surface area (Å²) in [5, 5.41) is 8.29. The second kappa shape index (κ2) is 5.59. The topological polar surface area (TPSA) is 75.9 Å². The maximum absolute atomic E-state index is 12.3. The second-order valence-electron chi connectivity index (χ2n) is 6.08. The predicted octanol–water partition coefficient (Wildman–Crippen LogP) is 1.29. The van der Waals surface area contributed by atoms with Gasteiger partial charge in [0.15, 0.2) is 0 Å². The average molecular weight is 322 g/mol. The molecular formula is C17H18N6O. The molecule has 1 aliphatic rings. The number of aryl methyl sites for hydroxylation is 2. The molecule has 0 spiro atoms. The van der Waals surface area contributed by atoms with E-state index in [0.717, 1.165) is 35.5 Å². The van der Waals surface area contributed by atoms with Gasteiger partial charge in [-0.3, -0.25) is 9.48 Å². The summed E-state index contributed by atoms with van der Waals surface area (Å²) in [4.78, 5) is 23.2. The minimum Gasteiger partial charge on any atom is -0.352 e. The number of amides is 1. The Balaban J connectivity index is 1.45. The number of anilines is 1. The largest absolute Gasteiger partial charge is 0.352 e. The fourth-order valence-corrected chi connectivity index (χ4v) is 3.07. The summed E-state index contributed by atoms with van der Waals surface area (Å²) in [6.07, 6.45) is 1.59. The van der Waals surface area contributed by atoms with Gasteiger partial charge in [0.25, 0.3) is 5.91 Å². The molecule has 0 atom stereocenters. The number of fused-ring (bicyclic) bond motifs is 1. The van der Waals surface area contributed by atoms with Gasteiger partial charge in [0.2, 0.25) is 0 Å². The molecule has 3 heterocycles. The maximum Gasteiger partial charge on any atom is 0.269 e. The Morgan fingerprint density at radius 2 is 2.04 bits per heavy atom. The molecular weight excluding hydrogens is 304 g/mol. The summed E-state index contributed by atoms with van der Waals surface area (Å²) in [6, 6.07) is 9.86. The summed E-state index contributed by atoms with van der Waals surface area (Å²) >= 11 is 0. The first kappa shape index (κ1) is 14.6. The van der Waals surface area contributed by atoms with Crippen molar-refractivity contribution < 1.29 is 4.79 Å². The molecule has 4 rings (SSSR count). The van der Waals surface area contributed by atoms with E-state index in [2.05, 4.69) is 25.3 Å². The zero-order chi connectivity index (χ0) is 16.7. The molecule has 1 N–H and O–H groups in total. The van der Waals surface area contributed by atoms with Gasteiger partial charge in [-0.25, -0.2) is 9.97 Å². The summed E-state index contributed by atoms with van der Waals surface area (Å²) in [6.45, 7) is 3.36. The number of aromatic nitrogens is 4. The van der Waals surface area contributed by atoms with Gasteiger partial charge in [-0.2, -0.15) is 5.10 Å². The second-order valence-corrected chi connectivity index (χ2v) is 6.08. The molecule has 1 saturated heterocycles. The van der Waals surface area contributed by atoms with Crippen molar-refractivity contribution in [2.45, 2.75) is 13.0 Å². The van der Waals surface area contributed by atoms with Gasteiger partial charge in [-0.05, 0) is 25.1 Å². The number of benzene rings is 1. The standard InChI is InChI=1S/C17H18N6O/c1-11-7-15(22(2)21-11)17(24)20-12-8-23(9-12)16-13-5-3-4-6-14(13)18-10-19-16/h3-7,10,12H,8-9H2,1-2H3,(H,20,24). The molecule has 0 aliphatic carbocycles. The third-order valence-corrected chi connectivity index (χ3v) is 4.27. The Bertz CT molecular complexity index is 907. The SMILES string of the molecule is Cc1cc(C(=O)NC2CN(c3ncnc4ccccc34)C2)n(C)n1. The van der Waals surface area contributed by atoms with Gasteiger partial charge in [0.1, 0.15) is 17.8 Å². The number of hydrogen-bond acceptors (Lipinski definition) is 5. The van der Waals surface area contributed by atoms with E-state index < -0.39 is 0 Å². The van der Waals surface area contributed by atoms with Crippen molar-refractivity contribution in [3.63, 3.8) is 0 Å². The summed E-state index contributed by atoms with van der Waals surface area (Å²) in [5.41, 5.74) is 2.35. The molecule has 0 radical (unpaired) electrons. The van der Waals surface area contributed by atoms with Crippen LogP contribution in [0, 0.1) is 6.92 Å². The lowest BCUT2D eigenvalue weighted by Crippen LogP contribution is -2.59. The van der Waals surface area contributed by atoms with E-state index in [4.69, 9.17) is 0 Å². The van der Waals surface area contributed by atoms with Gasteiger partial charge < -0.3 is 10.2 Å². The molecule has 0 bridgehead atoms. The number of nitrogens with one attached hydrogen (secondary N) is 1. The van der Waals surface area contributed by atoms with Crippen molar-refractivity contribution in [2.24, 2.45) is 7.05 Å². The normalized spacial score (nSPS) is 14.7. The van der Waals surface area contributed by atoms with E-state index in [0.29, 0.717) is 5.69 Å². The van der Waals surface area contributed by atoms with Crippen molar-refractivity contribution in [2.75, 3.05) is 18.0 Å². The molecule has 0 saturated carbocycles. The van der Waals surface area contributed by atoms with Crippen LogP contribution < -0.4 is 10.2 Å². The first-order valence-electron chi connectivity index (χ1n) is 7.88. The molecule has 7 heteroatoms. The first-order valence-corrected chi connectivity index (χ1v) is 7.88. The molecule has 1 aromatic carbocycles. The van der Waals surface area contributed by atoms with Gasteiger partial charge in [0, 0.05) is 25.5 Å². The van der Waals surface area contributed by atoms with E-state index in [-0.39, 0.29) is 11.9 Å². The van der Waals surface area contributed by atoms with Crippen molar-refractivity contribution >= 4 is 22.6 Å². The minimum atomic E-state index is -0.0877. The van der Waals surface area contributed by atoms with E-state index in [9.17, 15) is 4.79 Å². The minimum absolute atomic E-state index is 0.0877. The van der Waals surface area contributed by atoms with Crippen molar-refractivity contribution in [3.8, 4) is 0 Å². The molecule has 24 heavy (non-hydrogen) atoms. The maximum atomic E-state index is 12.3. The average Bonchev–Trinajstić information content (AvgIpc) is 2.88. The molecule has 1 aliphatic heterocycles. The molecule has 0 unspecified atom stereocenters. The lowest BCUT2D eigenvalue weighted by molar-refractivity contribution is 0.0920. The number of nitrogens with zero attached hydrogens (tertiary/aromatic N) is 5. The Hall–Kier alpha value is -2.96. The lowest BCUT2D eigenvalue weighted by Gasteiger charge is -2.40. The summed E-state index contributed by atoms with van der Waals surface area (Å²) < 4.78 is 1.61. The van der Waals surface area contributed by atoms with Crippen LogP contribution in [-0.2, 0) is 7.05 Å². The van der Waals surface area contributed by atoms with Crippen LogP contribution in [-0.4, -0.2) is 44.8 Å². The van der Waals surface area contributed by atoms with Crippen LogP contribution in [0.25, 0.3) is 10.9 Å². The van der Waals surface area contributed by atoms with Gasteiger partial charge in [-0.15, -0.1) is 0 Å². The third-order valence-electron chi connectivity index (χ3n) is 4.27. The Kier molecular flexibility index (Phi) is 3.41. The molecule has 3 aromatic rings.